The van der Waals surface area contributed by atoms with E-state index in [-0.39, 0.29) is 18.0 Å². The minimum absolute atomic E-state index is 0.0386. The molecule has 1 aromatic heterocycles. The molecule has 2 saturated heterocycles. The van der Waals surface area contributed by atoms with Crippen molar-refractivity contribution in [3.8, 4) is 0 Å². The fourth-order valence-electron chi connectivity index (χ4n) is 3.68. The monoisotopic (exact) mass is 375 g/mol. The van der Waals surface area contributed by atoms with Gasteiger partial charge in [-0.1, -0.05) is 6.92 Å². The van der Waals surface area contributed by atoms with Gasteiger partial charge in [-0.3, -0.25) is 4.79 Å². The first-order valence-electron chi connectivity index (χ1n) is 9.86. The van der Waals surface area contributed by atoms with E-state index in [2.05, 4.69) is 22.2 Å². The van der Waals surface area contributed by atoms with Gasteiger partial charge in [0.2, 0.25) is 0 Å². The number of nitrogens with zero attached hydrogens (tertiary/aromatic N) is 4. The quantitative estimate of drug-likeness (QED) is 0.869. The van der Waals surface area contributed by atoms with Gasteiger partial charge in [0.25, 0.3) is 5.91 Å². The molecular weight excluding hydrogens is 346 g/mol. The lowest BCUT2D eigenvalue weighted by atomic mass is 10.0. The Balaban J connectivity index is 1.50. The second-order valence-electron chi connectivity index (χ2n) is 7.39. The summed E-state index contributed by atoms with van der Waals surface area (Å²) in [4.78, 5) is 36.6. The Morgan fingerprint density at radius 1 is 1.15 bits per heavy atom. The molecule has 3 heterocycles. The lowest BCUT2D eigenvalue weighted by Gasteiger charge is -2.32. The maximum Gasteiger partial charge on any atom is 0.409 e. The summed E-state index contributed by atoms with van der Waals surface area (Å²) in [7, 11) is 0. The molecular formula is C19H29N5O3. The summed E-state index contributed by atoms with van der Waals surface area (Å²) in [6.07, 6.45) is 6.80. The van der Waals surface area contributed by atoms with E-state index in [1.165, 1.54) is 6.42 Å². The highest BCUT2D eigenvalue weighted by Crippen LogP contribution is 2.18. The Morgan fingerprint density at radius 3 is 2.56 bits per heavy atom. The van der Waals surface area contributed by atoms with Crippen molar-refractivity contribution in [3.05, 3.63) is 18.1 Å². The number of likely N-dealkylation sites (tertiary alicyclic amines) is 2. The summed E-state index contributed by atoms with van der Waals surface area (Å²) in [5, 5.41) is 3.35. The van der Waals surface area contributed by atoms with Gasteiger partial charge in [0.1, 0.15) is 11.5 Å². The maximum absolute atomic E-state index is 12.6. The highest BCUT2D eigenvalue weighted by molar-refractivity contribution is 5.92. The van der Waals surface area contributed by atoms with Gasteiger partial charge in [-0.05, 0) is 38.5 Å². The second-order valence-corrected chi connectivity index (χ2v) is 7.39. The minimum atomic E-state index is -0.245. The number of rotatable bonds is 4. The van der Waals surface area contributed by atoms with Crippen LogP contribution in [0.25, 0.3) is 0 Å². The molecule has 0 aliphatic carbocycles. The van der Waals surface area contributed by atoms with E-state index >= 15 is 0 Å². The molecule has 0 aromatic carbocycles. The molecule has 0 radical (unpaired) electrons. The first-order valence-corrected chi connectivity index (χ1v) is 9.86. The van der Waals surface area contributed by atoms with Crippen LogP contribution in [0.5, 0.6) is 0 Å². The van der Waals surface area contributed by atoms with Crippen molar-refractivity contribution in [2.24, 2.45) is 5.92 Å². The molecule has 2 amide bonds. The fraction of sp³-hybridized carbons (Fsp3) is 0.684. The normalized spacial score (nSPS) is 21.0. The Morgan fingerprint density at radius 2 is 1.93 bits per heavy atom. The molecule has 8 nitrogen and oxygen atoms in total. The molecule has 2 aliphatic rings. The number of amides is 2. The molecule has 148 valence electrons. The number of hydrogen-bond acceptors (Lipinski definition) is 6. The van der Waals surface area contributed by atoms with E-state index in [1.54, 1.807) is 17.3 Å². The third-order valence-corrected chi connectivity index (χ3v) is 5.19. The number of piperidine rings is 2. The Bertz CT molecular complexity index is 643. The fourth-order valence-corrected chi connectivity index (χ4v) is 3.68. The predicted molar refractivity (Wildman–Crippen MR) is 102 cm³/mol. The van der Waals surface area contributed by atoms with Gasteiger partial charge in [-0.25, -0.2) is 14.8 Å². The molecule has 1 unspecified atom stereocenters. The number of ether oxygens (including phenoxy) is 1. The molecule has 8 heteroatoms. The molecule has 0 bridgehead atoms. The second kappa shape index (κ2) is 9.01. The smallest absolute Gasteiger partial charge is 0.409 e. The summed E-state index contributed by atoms with van der Waals surface area (Å²) in [5.41, 5.74) is 0.395. The first kappa shape index (κ1) is 19.4. The van der Waals surface area contributed by atoms with Gasteiger partial charge in [0.05, 0.1) is 19.0 Å². The van der Waals surface area contributed by atoms with E-state index in [0.717, 1.165) is 32.4 Å². The van der Waals surface area contributed by atoms with Gasteiger partial charge in [-0.15, -0.1) is 0 Å². The van der Waals surface area contributed by atoms with Crippen LogP contribution in [-0.4, -0.2) is 70.6 Å². The van der Waals surface area contributed by atoms with Crippen LogP contribution in [0.15, 0.2) is 12.4 Å². The van der Waals surface area contributed by atoms with Crippen molar-refractivity contribution >= 4 is 17.8 Å². The molecule has 2 fully saturated rings. The van der Waals surface area contributed by atoms with E-state index in [1.807, 2.05) is 11.8 Å². The zero-order valence-corrected chi connectivity index (χ0v) is 16.2. The van der Waals surface area contributed by atoms with Crippen molar-refractivity contribution in [2.75, 3.05) is 38.1 Å². The molecule has 0 saturated carbocycles. The van der Waals surface area contributed by atoms with Crippen LogP contribution in [-0.2, 0) is 4.74 Å². The van der Waals surface area contributed by atoms with Gasteiger partial charge in [0.15, 0.2) is 0 Å². The Labute approximate surface area is 160 Å². The number of anilines is 1. The Hall–Kier alpha value is -2.38. The third kappa shape index (κ3) is 5.08. The van der Waals surface area contributed by atoms with Gasteiger partial charge in [-0.2, -0.15) is 0 Å². The summed E-state index contributed by atoms with van der Waals surface area (Å²) in [6.45, 7) is 7.29. The molecule has 0 spiro atoms. The number of nitrogens with one attached hydrogen (secondary N) is 1. The summed E-state index contributed by atoms with van der Waals surface area (Å²) in [5.74, 6) is 1.16. The molecule has 1 N–H and O–H groups in total. The van der Waals surface area contributed by atoms with Crippen LogP contribution >= 0.6 is 0 Å². The van der Waals surface area contributed by atoms with Crippen LogP contribution < -0.4 is 5.32 Å². The number of carbonyl (C=O) groups excluding carboxylic acids is 2. The molecule has 1 aromatic rings. The van der Waals surface area contributed by atoms with Crippen molar-refractivity contribution in [1.82, 2.24) is 19.8 Å². The molecule has 3 rings (SSSR count). The lowest BCUT2D eigenvalue weighted by molar-refractivity contribution is 0.0676. The summed E-state index contributed by atoms with van der Waals surface area (Å²) >= 11 is 0. The van der Waals surface area contributed by atoms with Gasteiger partial charge < -0.3 is 19.9 Å². The van der Waals surface area contributed by atoms with Crippen molar-refractivity contribution in [3.63, 3.8) is 0 Å². The van der Waals surface area contributed by atoms with Gasteiger partial charge in [0, 0.05) is 32.2 Å². The average molecular weight is 375 g/mol. The minimum Gasteiger partial charge on any atom is -0.450 e. The van der Waals surface area contributed by atoms with Crippen LogP contribution in [0.2, 0.25) is 0 Å². The topological polar surface area (TPSA) is 87.7 Å². The van der Waals surface area contributed by atoms with Crippen molar-refractivity contribution < 1.29 is 14.3 Å². The lowest BCUT2D eigenvalue weighted by Crippen LogP contribution is -2.42. The summed E-state index contributed by atoms with van der Waals surface area (Å²) < 4.78 is 5.04. The van der Waals surface area contributed by atoms with Crippen LogP contribution in [0.3, 0.4) is 0 Å². The maximum atomic E-state index is 12.6. The highest BCUT2D eigenvalue weighted by Gasteiger charge is 2.25. The van der Waals surface area contributed by atoms with E-state index in [9.17, 15) is 9.59 Å². The largest absolute Gasteiger partial charge is 0.450 e. The first-order chi connectivity index (χ1) is 13.1. The highest BCUT2D eigenvalue weighted by atomic mass is 16.6. The standard InChI is InChI=1S/C19H29N5O3/c1-3-27-19(26)23-9-6-15(7-10-23)22-17-12-20-16(11-21-17)18(25)24-8-4-5-14(2)13-24/h11-12,14-15H,3-10,13H2,1-2H3,(H,21,22). The van der Waals surface area contributed by atoms with Gasteiger partial charge >= 0.3 is 6.09 Å². The Kier molecular flexibility index (Phi) is 6.47. The van der Waals surface area contributed by atoms with Crippen molar-refractivity contribution in [1.29, 1.82) is 0 Å². The summed E-state index contributed by atoms with van der Waals surface area (Å²) in [6, 6.07) is 0.231. The van der Waals surface area contributed by atoms with E-state index in [0.29, 0.717) is 37.1 Å². The number of hydrogen-bond donors (Lipinski definition) is 1. The molecule has 27 heavy (non-hydrogen) atoms. The van der Waals surface area contributed by atoms with Crippen LogP contribution in [0.1, 0.15) is 50.0 Å². The van der Waals surface area contributed by atoms with E-state index in [4.69, 9.17) is 4.74 Å². The number of carbonyl (C=O) groups is 2. The molecule has 2 aliphatic heterocycles. The SMILES string of the molecule is CCOC(=O)N1CCC(Nc2cnc(C(=O)N3CCCC(C)C3)cn2)CC1. The van der Waals surface area contributed by atoms with Crippen LogP contribution in [0.4, 0.5) is 10.6 Å². The average Bonchev–Trinajstić information content (AvgIpc) is 2.69. The van der Waals surface area contributed by atoms with Crippen LogP contribution in [0, 0.1) is 5.92 Å². The zero-order chi connectivity index (χ0) is 19.2. The predicted octanol–water partition coefficient (Wildman–Crippen LogP) is 2.38. The number of aromatic nitrogens is 2. The zero-order valence-electron chi connectivity index (χ0n) is 16.2. The van der Waals surface area contributed by atoms with Crippen molar-refractivity contribution in [2.45, 2.75) is 45.6 Å². The molecule has 1 atom stereocenters. The van der Waals surface area contributed by atoms with E-state index < -0.39 is 0 Å². The third-order valence-electron chi connectivity index (χ3n) is 5.19.